The number of amides is 1. The van der Waals surface area contributed by atoms with E-state index in [1.807, 2.05) is 17.0 Å². The molecule has 1 aromatic carbocycles. The summed E-state index contributed by atoms with van der Waals surface area (Å²) in [6, 6.07) is 12.3. The third-order valence-corrected chi connectivity index (χ3v) is 5.21. The molecule has 3 aromatic rings. The van der Waals surface area contributed by atoms with Gasteiger partial charge in [-0.1, -0.05) is 18.2 Å². The fourth-order valence-corrected chi connectivity index (χ4v) is 3.61. The molecule has 4 rings (SSSR count). The van der Waals surface area contributed by atoms with Crippen LogP contribution in [0.2, 0.25) is 0 Å². The zero-order valence-corrected chi connectivity index (χ0v) is 15.4. The maximum absolute atomic E-state index is 12.6. The van der Waals surface area contributed by atoms with Crippen molar-refractivity contribution in [2.45, 2.75) is 6.42 Å². The van der Waals surface area contributed by atoms with Crippen molar-refractivity contribution in [2.75, 3.05) is 33.2 Å². The summed E-state index contributed by atoms with van der Waals surface area (Å²) < 4.78 is 2.15. The summed E-state index contributed by atoms with van der Waals surface area (Å²) >= 11 is 0. The molecular weight excluding hydrogens is 324 g/mol. The number of rotatable bonds is 3. The van der Waals surface area contributed by atoms with E-state index in [2.05, 4.69) is 59.0 Å². The van der Waals surface area contributed by atoms with E-state index in [1.165, 1.54) is 16.5 Å². The van der Waals surface area contributed by atoms with Gasteiger partial charge in [0.25, 0.3) is 5.91 Å². The van der Waals surface area contributed by atoms with Crippen molar-refractivity contribution in [1.82, 2.24) is 19.4 Å². The Hall–Kier alpha value is -2.66. The van der Waals surface area contributed by atoms with Crippen molar-refractivity contribution in [1.29, 1.82) is 0 Å². The zero-order valence-electron chi connectivity index (χ0n) is 15.4. The highest BCUT2D eigenvalue weighted by Gasteiger charge is 2.20. The number of para-hydroxylation sites is 1. The molecule has 2 aromatic heterocycles. The van der Waals surface area contributed by atoms with Gasteiger partial charge in [-0.3, -0.25) is 9.78 Å². The van der Waals surface area contributed by atoms with Gasteiger partial charge in [0.15, 0.2) is 0 Å². The second-order valence-electron chi connectivity index (χ2n) is 7.09. The molecule has 0 bridgehead atoms. The van der Waals surface area contributed by atoms with Crippen LogP contribution >= 0.6 is 0 Å². The lowest BCUT2D eigenvalue weighted by Crippen LogP contribution is -2.47. The van der Waals surface area contributed by atoms with Crippen molar-refractivity contribution in [2.24, 2.45) is 7.05 Å². The molecule has 1 aliphatic rings. The van der Waals surface area contributed by atoms with Crippen LogP contribution in [0.4, 0.5) is 0 Å². The number of hydrogen-bond acceptors (Lipinski definition) is 3. The highest BCUT2D eigenvalue weighted by atomic mass is 16.2. The molecular formula is C21H24N4O. The molecule has 134 valence electrons. The molecule has 0 aliphatic carbocycles. The van der Waals surface area contributed by atoms with Gasteiger partial charge in [-0.05, 0) is 30.8 Å². The summed E-state index contributed by atoms with van der Waals surface area (Å²) in [6.45, 7) is 3.43. The molecule has 26 heavy (non-hydrogen) atoms. The molecule has 0 N–H and O–H groups in total. The minimum Gasteiger partial charge on any atom is -0.350 e. The van der Waals surface area contributed by atoms with Crippen LogP contribution in [0.5, 0.6) is 0 Å². The first kappa shape index (κ1) is 16.8. The standard InChI is InChI=1S/C21H24N4O/c1-23-9-11-25(12-10-23)21(26)16-7-8-18(22-14-16)13-17-15-24(2)20-6-4-3-5-19(17)20/h3-8,14-15H,9-13H2,1-2H3. The summed E-state index contributed by atoms with van der Waals surface area (Å²) in [5.41, 5.74) is 4.14. The van der Waals surface area contributed by atoms with E-state index < -0.39 is 0 Å². The van der Waals surface area contributed by atoms with Crippen LogP contribution < -0.4 is 0 Å². The van der Waals surface area contributed by atoms with Gasteiger partial charge >= 0.3 is 0 Å². The summed E-state index contributed by atoms with van der Waals surface area (Å²) in [4.78, 5) is 21.3. The number of nitrogens with zero attached hydrogens (tertiary/aromatic N) is 4. The van der Waals surface area contributed by atoms with Crippen LogP contribution in [0.3, 0.4) is 0 Å². The minimum absolute atomic E-state index is 0.0855. The first-order valence-electron chi connectivity index (χ1n) is 9.07. The maximum Gasteiger partial charge on any atom is 0.255 e. The van der Waals surface area contributed by atoms with Crippen molar-refractivity contribution >= 4 is 16.8 Å². The van der Waals surface area contributed by atoms with E-state index in [0.717, 1.165) is 38.3 Å². The lowest BCUT2D eigenvalue weighted by molar-refractivity contribution is 0.0663. The molecule has 0 atom stereocenters. The van der Waals surface area contributed by atoms with Gasteiger partial charge in [-0.25, -0.2) is 0 Å². The number of carbonyl (C=O) groups excluding carboxylic acids is 1. The zero-order chi connectivity index (χ0) is 18.1. The highest BCUT2D eigenvalue weighted by Crippen LogP contribution is 2.22. The lowest BCUT2D eigenvalue weighted by atomic mass is 10.1. The Morgan fingerprint density at radius 2 is 1.81 bits per heavy atom. The van der Waals surface area contributed by atoms with Crippen molar-refractivity contribution in [3.63, 3.8) is 0 Å². The van der Waals surface area contributed by atoms with Gasteiger partial charge in [0, 0.05) is 68.6 Å². The number of likely N-dealkylation sites (N-methyl/N-ethyl adjacent to an activating group) is 1. The average Bonchev–Trinajstić information content (AvgIpc) is 2.98. The largest absolute Gasteiger partial charge is 0.350 e. The maximum atomic E-state index is 12.6. The van der Waals surface area contributed by atoms with E-state index in [-0.39, 0.29) is 5.91 Å². The third kappa shape index (κ3) is 3.22. The quantitative estimate of drug-likeness (QED) is 0.730. The molecule has 3 heterocycles. The number of pyridine rings is 1. The second kappa shape index (κ2) is 6.92. The smallest absolute Gasteiger partial charge is 0.255 e. The first-order valence-corrected chi connectivity index (χ1v) is 9.07. The highest BCUT2D eigenvalue weighted by molar-refractivity contribution is 5.94. The predicted octanol–water partition coefficient (Wildman–Crippen LogP) is 2.55. The van der Waals surface area contributed by atoms with Gasteiger partial charge < -0.3 is 14.4 Å². The van der Waals surface area contributed by atoms with E-state index in [9.17, 15) is 4.79 Å². The van der Waals surface area contributed by atoms with Gasteiger partial charge in [0.05, 0.1) is 5.56 Å². The minimum atomic E-state index is 0.0855. The number of piperazine rings is 1. The summed E-state index contributed by atoms with van der Waals surface area (Å²) in [5, 5.41) is 1.26. The molecule has 1 fully saturated rings. The van der Waals surface area contributed by atoms with E-state index in [0.29, 0.717) is 5.56 Å². The van der Waals surface area contributed by atoms with Gasteiger partial charge in [-0.2, -0.15) is 0 Å². The Morgan fingerprint density at radius 3 is 2.54 bits per heavy atom. The lowest BCUT2D eigenvalue weighted by Gasteiger charge is -2.32. The SMILES string of the molecule is CN1CCN(C(=O)c2ccc(Cc3cn(C)c4ccccc34)nc2)CC1. The predicted molar refractivity (Wildman–Crippen MR) is 103 cm³/mol. The number of aryl methyl sites for hydroxylation is 1. The molecule has 5 nitrogen and oxygen atoms in total. The summed E-state index contributed by atoms with van der Waals surface area (Å²) in [5.74, 6) is 0.0855. The molecule has 5 heteroatoms. The van der Waals surface area contributed by atoms with E-state index >= 15 is 0 Å². The number of fused-ring (bicyclic) bond motifs is 1. The number of aromatic nitrogens is 2. The van der Waals surface area contributed by atoms with Crippen molar-refractivity contribution in [3.8, 4) is 0 Å². The number of hydrogen-bond donors (Lipinski definition) is 0. The molecule has 0 unspecified atom stereocenters. The molecule has 1 amide bonds. The normalized spacial score (nSPS) is 15.5. The van der Waals surface area contributed by atoms with Crippen LogP contribution in [0.15, 0.2) is 48.8 Å². The fourth-order valence-electron chi connectivity index (χ4n) is 3.61. The van der Waals surface area contributed by atoms with Crippen LogP contribution in [-0.4, -0.2) is 58.5 Å². The van der Waals surface area contributed by atoms with Gasteiger partial charge in [0.1, 0.15) is 0 Å². The average molecular weight is 348 g/mol. The summed E-state index contributed by atoms with van der Waals surface area (Å²) in [6.07, 6.45) is 4.65. The van der Waals surface area contributed by atoms with E-state index in [4.69, 9.17) is 0 Å². The number of carbonyl (C=O) groups is 1. The van der Waals surface area contributed by atoms with Gasteiger partial charge in [-0.15, -0.1) is 0 Å². The van der Waals surface area contributed by atoms with Crippen LogP contribution in [0, 0.1) is 0 Å². The van der Waals surface area contributed by atoms with Gasteiger partial charge in [0.2, 0.25) is 0 Å². The molecule has 0 saturated carbocycles. The Labute approximate surface area is 153 Å². The van der Waals surface area contributed by atoms with Crippen LogP contribution in [0.25, 0.3) is 10.9 Å². The Kier molecular flexibility index (Phi) is 4.47. The number of benzene rings is 1. The Bertz CT molecular complexity index is 921. The second-order valence-corrected chi connectivity index (χ2v) is 7.09. The van der Waals surface area contributed by atoms with Crippen LogP contribution in [0.1, 0.15) is 21.6 Å². The molecule has 0 radical (unpaired) electrons. The fraction of sp³-hybridized carbons (Fsp3) is 0.333. The molecule has 1 aliphatic heterocycles. The topological polar surface area (TPSA) is 41.4 Å². The third-order valence-electron chi connectivity index (χ3n) is 5.21. The Morgan fingerprint density at radius 1 is 1.04 bits per heavy atom. The van der Waals surface area contributed by atoms with E-state index in [1.54, 1.807) is 6.20 Å². The van der Waals surface area contributed by atoms with Crippen LogP contribution in [-0.2, 0) is 13.5 Å². The van der Waals surface area contributed by atoms with Crippen molar-refractivity contribution in [3.05, 3.63) is 65.6 Å². The Balaban J connectivity index is 1.50. The summed E-state index contributed by atoms with van der Waals surface area (Å²) in [7, 11) is 4.16. The monoisotopic (exact) mass is 348 g/mol. The first-order chi connectivity index (χ1) is 12.6. The molecule has 0 spiro atoms. The molecule has 1 saturated heterocycles. The van der Waals surface area contributed by atoms with Crippen molar-refractivity contribution < 1.29 is 4.79 Å².